The zero-order valence-electron chi connectivity index (χ0n) is 14.7. The molecular formula is C18H13ClN4O6. The van der Waals surface area contributed by atoms with E-state index in [1.165, 1.54) is 18.5 Å². The fourth-order valence-electron chi connectivity index (χ4n) is 2.48. The standard InChI is InChI=1S/C18H13ClN4O6/c19-13-6-5-11(7-15(13)23(27)28)21-16(24)9-29-17(25)8-22-10-20-14-4-2-1-3-12(14)18(22)26/h1-7,10H,8-9H2,(H,21,24). The van der Waals surface area contributed by atoms with Gasteiger partial charge in [-0.05, 0) is 24.3 Å². The number of carbonyl (C=O) groups excluding carboxylic acids is 2. The van der Waals surface area contributed by atoms with Crippen LogP contribution in [0.5, 0.6) is 0 Å². The molecule has 0 saturated heterocycles. The largest absolute Gasteiger partial charge is 0.454 e. The molecule has 0 fully saturated rings. The first-order valence-corrected chi connectivity index (χ1v) is 8.56. The smallest absolute Gasteiger partial charge is 0.326 e. The number of para-hydroxylation sites is 1. The van der Waals surface area contributed by atoms with Gasteiger partial charge < -0.3 is 10.1 Å². The fourth-order valence-corrected chi connectivity index (χ4v) is 2.66. The number of nitro groups is 1. The van der Waals surface area contributed by atoms with Crippen LogP contribution < -0.4 is 10.9 Å². The molecular weight excluding hydrogens is 404 g/mol. The molecule has 10 nitrogen and oxygen atoms in total. The van der Waals surface area contributed by atoms with Crippen LogP contribution in [0, 0.1) is 10.1 Å². The second kappa shape index (κ2) is 8.48. The summed E-state index contributed by atoms with van der Waals surface area (Å²) in [7, 11) is 0. The minimum atomic E-state index is -0.818. The van der Waals surface area contributed by atoms with E-state index in [2.05, 4.69) is 10.3 Å². The van der Waals surface area contributed by atoms with Gasteiger partial charge in [-0.3, -0.25) is 29.1 Å². The van der Waals surface area contributed by atoms with Crippen LogP contribution in [0.25, 0.3) is 10.9 Å². The lowest BCUT2D eigenvalue weighted by molar-refractivity contribution is -0.384. The number of anilines is 1. The van der Waals surface area contributed by atoms with Crippen molar-refractivity contribution < 1.29 is 19.2 Å². The van der Waals surface area contributed by atoms with Gasteiger partial charge in [0.1, 0.15) is 11.6 Å². The highest BCUT2D eigenvalue weighted by molar-refractivity contribution is 6.32. The minimum Gasteiger partial charge on any atom is -0.454 e. The Balaban J connectivity index is 1.59. The van der Waals surface area contributed by atoms with Gasteiger partial charge in [-0.25, -0.2) is 4.98 Å². The third-order valence-electron chi connectivity index (χ3n) is 3.82. The highest BCUT2D eigenvalue weighted by atomic mass is 35.5. The first-order chi connectivity index (χ1) is 13.8. The molecule has 2 aromatic carbocycles. The summed E-state index contributed by atoms with van der Waals surface area (Å²) < 4.78 is 5.92. The number of nitrogens with zero attached hydrogens (tertiary/aromatic N) is 3. The van der Waals surface area contributed by atoms with Gasteiger partial charge >= 0.3 is 5.97 Å². The van der Waals surface area contributed by atoms with E-state index in [1.807, 2.05) is 0 Å². The highest BCUT2D eigenvalue weighted by Gasteiger charge is 2.15. The molecule has 3 rings (SSSR count). The molecule has 0 aliphatic rings. The second-order valence-electron chi connectivity index (χ2n) is 5.83. The van der Waals surface area contributed by atoms with Crippen molar-refractivity contribution in [1.82, 2.24) is 9.55 Å². The molecule has 1 N–H and O–H groups in total. The Labute approximate surface area is 167 Å². The van der Waals surface area contributed by atoms with E-state index in [4.69, 9.17) is 16.3 Å². The number of rotatable bonds is 6. The quantitative estimate of drug-likeness (QED) is 0.369. The van der Waals surface area contributed by atoms with Crippen LogP contribution in [-0.4, -0.2) is 33.0 Å². The van der Waals surface area contributed by atoms with Crippen LogP contribution in [0.1, 0.15) is 0 Å². The summed E-state index contributed by atoms with van der Waals surface area (Å²) in [5, 5.41) is 13.5. The first-order valence-electron chi connectivity index (χ1n) is 8.19. The maximum Gasteiger partial charge on any atom is 0.326 e. The van der Waals surface area contributed by atoms with Crippen LogP contribution in [0.3, 0.4) is 0 Å². The van der Waals surface area contributed by atoms with Crippen LogP contribution in [0.15, 0.2) is 53.6 Å². The molecule has 3 aromatic rings. The molecule has 0 bridgehead atoms. The summed E-state index contributed by atoms with van der Waals surface area (Å²) in [4.78, 5) is 50.4. The normalized spacial score (nSPS) is 10.5. The van der Waals surface area contributed by atoms with Crippen LogP contribution >= 0.6 is 11.6 Å². The van der Waals surface area contributed by atoms with E-state index >= 15 is 0 Å². The monoisotopic (exact) mass is 416 g/mol. The Morgan fingerprint density at radius 2 is 2.00 bits per heavy atom. The number of aromatic nitrogens is 2. The number of nitrogens with one attached hydrogen (secondary N) is 1. The van der Waals surface area contributed by atoms with Gasteiger partial charge in [0.15, 0.2) is 6.61 Å². The summed E-state index contributed by atoms with van der Waals surface area (Å²) >= 11 is 5.70. The highest BCUT2D eigenvalue weighted by Crippen LogP contribution is 2.27. The molecule has 0 atom stereocenters. The summed E-state index contributed by atoms with van der Waals surface area (Å²) in [6, 6.07) is 10.4. The molecule has 0 spiro atoms. The average molecular weight is 417 g/mol. The molecule has 0 unspecified atom stereocenters. The molecule has 1 heterocycles. The topological polar surface area (TPSA) is 133 Å². The van der Waals surface area contributed by atoms with Gasteiger partial charge in [0, 0.05) is 11.8 Å². The summed E-state index contributed by atoms with van der Waals surface area (Å²) in [6.45, 7) is -1.05. The lowest BCUT2D eigenvalue weighted by atomic mass is 10.2. The molecule has 0 saturated carbocycles. The van der Waals surface area contributed by atoms with Gasteiger partial charge in [0.05, 0.1) is 22.2 Å². The number of nitro benzene ring substituents is 1. The number of hydrogen-bond acceptors (Lipinski definition) is 7. The Hall–Kier alpha value is -3.79. The third-order valence-corrected chi connectivity index (χ3v) is 4.14. The number of carbonyl (C=O) groups is 2. The lowest BCUT2D eigenvalue weighted by Gasteiger charge is -2.08. The number of hydrogen-bond donors (Lipinski definition) is 1. The van der Waals surface area contributed by atoms with Gasteiger partial charge in [-0.1, -0.05) is 23.7 Å². The number of benzene rings is 2. The van der Waals surface area contributed by atoms with E-state index in [-0.39, 0.29) is 16.4 Å². The molecule has 1 aromatic heterocycles. The van der Waals surface area contributed by atoms with Crippen molar-refractivity contribution in [1.29, 1.82) is 0 Å². The van der Waals surface area contributed by atoms with Crippen molar-refractivity contribution in [3.8, 4) is 0 Å². The average Bonchev–Trinajstić information content (AvgIpc) is 2.70. The minimum absolute atomic E-state index is 0.0751. The van der Waals surface area contributed by atoms with Crippen LogP contribution in [0.4, 0.5) is 11.4 Å². The van der Waals surface area contributed by atoms with Gasteiger partial charge in [0.25, 0.3) is 17.2 Å². The molecule has 11 heteroatoms. The molecule has 29 heavy (non-hydrogen) atoms. The van der Waals surface area contributed by atoms with Crippen molar-refractivity contribution in [2.45, 2.75) is 6.54 Å². The van der Waals surface area contributed by atoms with Crippen LogP contribution in [-0.2, 0) is 20.9 Å². The molecule has 148 valence electrons. The Morgan fingerprint density at radius 1 is 1.24 bits per heavy atom. The van der Waals surface area contributed by atoms with E-state index in [0.29, 0.717) is 10.9 Å². The summed E-state index contributed by atoms with van der Waals surface area (Å²) in [6.07, 6.45) is 1.22. The Bertz CT molecular complexity index is 1180. The number of fused-ring (bicyclic) bond motifs is 1. The predicted octanol–water partition coefficient (Wildman–Crippen LogP) is 2.14. The Morgan fingerprint density at radius 3 is 2.76 bits per heavy atom. The predicted molar refractivity (Wildman–Crippen MR) is 104 cm³/mol. The fraction of sp³-hybridized carbons (Fsp3) is 0.111. The van der Waals surface area contributed by atoms with E-state index in [0.717, 1.165) is 10.6 Å². The second-order valence-corrected chi connectivity index (χ2v) is 6.23. The van der Waals surface area contributed by atoms with Gasteiger partial charge in [0.2, 0.25) is 0 Å². The third kappa shape index (κ3) is 4.74. The Kier molecular flexibility index (Phi) is 5.84. The number of amides is 1. The zero-order chi connectivity index (χ0) is 21.0. The summed E-state index contributed by atoms with van der Waals surface area (Å²) in [5.74, 6) is -1.53. The summed E-state index contributed by atoms with van der Waals surface area (Å²) in [5.41, 5.74) is -0.161. The van der Waals surface area contributed by atoms with Crippen molar-refractivity contribution in [3.05, 3.63) is 74.3 Å². The van der Waals surface area contributed by atoms with Crippen molar-refractivity contribution in [2.75, 3.05) is 11.9 Å². The van der Waals surface area contributed by atoms with Crippen LogP contribution in [0.2, 0.25) is 5.02 Å². The number of ether oxygens (including phenoxy) is 1. The van der Waals surface area contributed by atoms with Crippen molar-refractivity contribution in [3.63, 3.8) is 0 Å². The van der Waals surface area contributed by atoms with Gasteiger partial charge in [-0.15, -0.1) is 0 Å². The van der Waals surface area contributed by atoms with E-state index in [1.54, 1.807) is 24.3 Å². The number of halogens is 1. The van der Waals surface area contributed by atoms with Crippen molar-refractivity contribution in [2.24, 2.45) is 0 Å². The van der Waals surface area contributed by atoms with E-state index < -0.39 is 35.5 Å². The molecule has 0 radical (unpaired) electrons. The number of esters is 1. The lowest BCUT2D eigenvalue weighted by Crippen LogP contribution is -2.28. The maximum absolute atomic E-state index is 12.3. The van der Waals surface area contributed by atoms with Crippen molar-refractivity contribution >= 4 is 45.8 Å². The maximum atomic E-state index is 12.3. The first kappa shape index (κ1) is 20.0. The van der Waals surface area contributed by atoms with E-state index in [9.17, 15) is 24.5 Å². The van der Waals surface area contributed by atoms with Gasteiger partial charge in [-0.2, -0.15) is 0 Å². The SMILES string of the molecule is O=C(COC(=O)Cn1cnc2ccccc2c1=O)Nc1ccc(Cl)c([N+](=O)[O-])c1. The molecule has 1 amide bonds. The molecule has 0 aliphatic carbocycles. The molecule has 0 aliphatic heterocycles. The zero-order valence-corrected chi connectivity index (χ0v) is 15.5.